The van der Waals surface area contributed by atoms with Crippen LogP contribution in [0.25, 0.3) is 0 Å². The minimum atomic E-state index is -4.65. The molecule has 162 valence electrons. The van der Waals surface area contributed by atoms with Crippen LogP contribution in [0.2, 0.25) is 0 Å². The molecule has 1 aliphatic heterocycles. The highest BCUT2D eigenvalue weighted by Crippen LogP contribution is 2.46. The molecule has 0 bridgehead atoms. The second kappa shape index (κ2) is 9.49. The second-order valence-corrected chi connectivity index (χ2v) is 7.35. The lowest BCUT2D eigenvalue weighted by molar-refractivity contribution is -0.215. The minimum absolute atomic E-state index is 0.202. The van der Waals surface area contributed by atoms with E-state index in [9.17, 15) is 18.0 Å². The first-order chi connectivity index (χ1) is 14.3. The molecule has 5 nitrogen and oxygen atoms in total. The van der Waals surface area contributed by atoms with E-state index >= 15 is 0 Å². The van der Waals surface area contributed by atoms with Crippen LogP contribution in [0.3, 0.4) is 0 Å². The average molecular weight is 422 g/mol. The molecule has 0 aliphatic carbocycles. The molecule has 0 aromatic heterocycles. The summed E-state index contributed by atoms with van der Waals surface area (Å²) >= 11 is 0. The van der Waals surface area contributed by atoms with Gasteiger partial charge in [-0.15, -0.1) is 0 Å². The SMILES string of the molecule is COCCOc1ccc(NC(=O)C2(C(F)(F)F)CCN(Cc3ccccc3)C2)cc1. The maximum atomic E-state index is 14.0. The number of rotatable bonds is 8. The average Bonchev–Trinajstić information content (AvgIpc) is 3.16. The highest BCUT2D eigenvalue weighted by Gasteiger charge is 2.62. The molecule has 0 saturated carbocycles. The third-order valence-electron chi connectivity index (χ3n) is 5.24. The predicted octanol–water partition coefficient (Wildman–Crippen LogP) is 4.10. The highest BCUT2D eigenvalue weighted by atomic mass is 19.4. The quantitative estimate of drug-likeness (QED) is 0.651. The van der Waals surface area contributed by atoms with Crippen LogP contribution in [0.4, 0.5) is 18.9 Å². The van der Waals surface area contributed by atoms with Gasteiger partial charge in [0.15, 0.2) is 5.41 Å². The smallest absolute Gasteiger partial charge is 0.404 e. The standard InChI is InChI=1S/C22H25F3N2O3/c1-29-13-14-30-19-9-7-18(8-10-19)26-20(28)21(22(23,24)25)11-12-27(16-21)15-17-5-3-2-4-6-17/h2-10H,11-16H2,1H3,(H,26,28). The molecule has 2 aromatic carbocycles. The molecule has 1 unspecified atom stereocenters. The molecule has 1 saturated heterocycles. The highest BCUT2D eigenvalue weighted by molar-refractivity contribution is 5.96. The summed E-state index contributed by atoms with van der Waals surface area (Å²) in [6.45, 7) is 0.992. The Morgan fingerprint density at radius 2 is 1.80 bits per heavy atom. The van der Waals surface area contributed by atoms with Gasteiger partial charge in [0.25, 0.3) is 0 Å². The van der Waals surface area contributed by atoms with E-state index in [1.165, 1.54) is 12.1 Å². The van der Waals surface area contributed by atoms with Crippen molar-refractivity contribution in [1.82, 2.24) is 4.90 Å². The number of anilines is 1. The van der Waals surface area contributed by atoms with Crippen molar-refractivity contribution in [3.05, 3.63) is 60.2 Å². The number of methoxy groups -OCH3 is 1. The van der Waals surface area contributed by atoms with Crippen LogP contribution in [-0.4, -0.2) is 50.4 Å². The number of alkyl halides is 3. The zero-order valence-corrected chi connectivity index (χ0v) is 16.7. The Morgan fingerprint density at radius 3 is 2.43 bits per heavy atom. The van der Waals surface area contributed by atoms with Crippen molar-refractivity contribution in [2.45, 2.75) is 19.1 Å². The van der Waals surface area contributed by atoms with Gasteiger partial charge in [0.1, 0.15) is 12.4 Å². The van der Waals surface area contributed by atoms with Crippen molar-refractivity contribution in [1.29, 1.82) is 0 Å². The number of carbonyl (C=O) groups excluding carboxylic acids is 1. The first kappa shape index (κ1) is 22.1. The number of halogens is 3. The Morgan fingerprint density at radius 1 is 1.10 bits per heavy atom. The van der Waals surface area contributed by atoms with Crippen molar-refractivity contribution >= 4 is 11.6 Å². The fourth-order valence-electron chi connectivity index (χ4n) is 3.54. The summed E-state index contributed by atoms with van der Waals surface area (Å²) in [5, 5.41) is 2.44. The molecule has 1 fully saturated rings. The van der Waals surface area contributed by atoms with Gasteiger partial charge in [-0.1, -0.05) is 30.3 Å². The fraction of sp³-hybridized carbons (Fsp3) is 0.409. The molecule has 0 spiro atoms. The van der Waals surface area contributed by atoms with Crippen LogP contribution in [0.5, 0.6) is 5.75 Å². The molecule has 8 heteroatoms. The van der Waals surface area contributed by atoms with Crippen LogP contribution < -0.4 is 10.1 Å². The molecule has 1 heterocycles. The van der Waals surface area contributed by atoms with E-state index in [2.05, 4.69) is 5.32 Å². The Hall–Kier alpha value is -2.58. The van der Waals surface area contributed by atoms with Gasteiger partial charge in [0, 0.05) is 25.9 Å². The third kappa shape index (κ3) is 5.12. The summed E-state index contributed by atoms with van der Waals surface area (Å²) < 4.78 is 52.3. The number of ether oxygens (including phenoxy) is 2. The molecule has 1 aliphatic rings. The van der Waals surface area contributed by atoms with Gasteiger partial charge in [-0.05, 0) is 42.8 Å². The van der Waals surface area contributed by atoms with Crippen molar-refractivity contribution in [2.24, 2.45) is 5.41 Å². The lowest BCUT2D eigenvalue weighted by atomic mass is 9.85. The van der Waals surface area contributed by atoms with Crippen molar-refractivity contribution in [3.8, 4) is 5.75 Å². The molecular formula is C22H25F3N2O3. The van der Waals surface area contributed by atoms with Crippen LogP contribution in [0.1, 0.15) is 12.0 Å². The zero-order chi connectivity index (χ0) is 21.6. The number of nitrogens with zero attached hydrogens (tertiary/aromatic N) is 1. The van der Waals surface area contributed by atoms with Crippen LogP contribution in [-0.2, 0) is 16.1 Å². The van der Waals surface area contributed by atoms with E-state index in [1.54, 1.807) is 24.1 Å². The van der Waals surface area contributed by atoms with Gasteiger partial charge < -0.3 is 14.8 Å². The molecule has 1 amide bonds. The first-order valence-corrected chi connectivity index (χ1v) is 9.70. The molecule has 0 radical (unpaired) electrons. The maximum absolute atomic E-state index is 14.0. The van der Waals surface area contributed by atoms with Crippen LogP contribution in [0, 0.1) is 5.41 Å². The van der Waals surface area contributed by atoms with Crippen LogP contribution in [0.15, 0.2) is 54.6 Å². The monoisotopic (exact) mass is 422 g/mol. The van der Waals surface area contributed by atoms with E-state index in [4.69, 9.17) is 9.47 Å². The minimum Gasteiger partial charge on any atom is -0.491 e. The number of carbonyl (C=O) groups is 1. The number of nitrogens with one attached hydrogen (secondary N) is 1. The van der Waals surface area contributed by atoms with Gasteiger partial charge in [0.05, 0.1) is 6.61 Å². The second-order valence-electron chi connectivity index (χ2n) is 7.35. The van der Waals surface area contributed by atoms with Crippen molar-refractivity contribution in [3.63, 3.8) is 0 Å². The molecule has 2 aromatic rings. The van der Waals surface area contributed by atoms with E-state index in [-0.39, 0.29) is 19.5 Å². The van der Waals surface area contributed by atoms with Crippen LogP contribution >= 0.6 is 0 Å². The van der Waals surface area contributed by atoms with Crippen molar-refractivity contribution in [2.75, 3.05) is 38.7 Å². The van der Waals surface area contributed by atoms with Gasteiger partial charge in [-0.3, -0.25) is 9.69 Å². The predicted molar refractivity (Wildman–Crippen MR) is 107 cm³/mol. The summed E-state index contributed by atoms with van der Waals surface area (Å²) in [6, 6.07) is 15.5. The number of hydrogen-bond acceptors (Lipinski definition) is 4. The Kier molecular flexibility index (Phi) is 6.99. The molecule has 1 N–H and O–H groups in total. The van der Waals surface area contributed by atoms with E-state index in [0.29, 0.717) is 31.2 Å². The zero-order valence-electron chi connectivity index (χ0n) is 16.7. The molecule has 30 heavy (non-hydrogen) atoms. The summed E-state index contributed by atoms with van der Waals surface area (Å²) in [7, 11) is 1.56. The van der Waals surface area contributed by atoms with Gasteiger partial charge in [-0.25, -0.2) is 0 Å². The number of benzene rings is 2. The normalized spacial score (nSPS) is 19.6. The number of hydrogen-bond donors (Lipinski definition) is 1. The van der Waals surface area contributed by atoms with Gasteiger partial charge >= 0.3 is 6.18 Å². The van der Waals surface area contributed by atoms with Gasteiger partial charge in [0.2, 0.25) is 5.91 Å². The van der Waals surface area contributed by atoms with E-state index < -0.39 is 17.5 Å². The lowest BCUT2D eigenvalue weighted by Gasteiger charge is -2.30. The molecule has 3 rings (SSSR count). The summed E-state index contributed by atoms with van der Waals surface area (Å²) in [4.78, 5) is 14.4. The first-order valence-electron chi connectivity index (χ1n) is 9.70. The lowest BCUT2D eigenvalue weighted by Crippen LogP contribution is -2.49. The summed E-state index contributed by atoms with van der Waals surface area (Å²) in [6.07, 6.45) is -4.92. The topological polar surface area (TPSA) is 50.8 Å². The molecular weight excluding hydrogens is 397 g/mol. The van der Waals surface area contributed by atoms with E-state index in [0.717, 1.165) is 5.56 Å². The third-order valence-corrected chi connectivity index (χ3v) is 5.24. The number of likely N-dealkylation sites (tertiary alicyclic amines) is 1. The Labute approximate surface area is 173 Å². The Bertz CT molecular complexity index is 828. The molecule has 1 atom stereocenters. The summed E-state index contributed by atoms with van der Waals surface area (Å²) in [5.74, 6) is -0.482. The fourth-order valence-corrected chi connectivity index (χ4v) is 3.54. The largest absolute Gasteiger partial charge is 0.491 e. The summed E-state index contributed by atoms with van der Waals surface area (Å²) in [5.41, 5.74) is -1.22. The maximum Gasteiger partial charge on any atom is 0.404 e. The van der Waals surface area contributed by atoms with Crippen molar-refractivity contribution < 1.29 is 27.4 Å². The number of amides is 1. The Balaban J connectivity index is 1.67. The van der Waals surface area contributed by atoms with Gasteiger partial charge in [-0.2, -0.15) is 13.2 Å². The van der Waals surface area contributed by atoms with E-state index in [1.807, 2.05) is 30.3 Å².